The first kappa shape index (κ1) is 15.8. The van der Waals surface area contributed by atoms with Crippen molar-refractivity contribution in [2.75, 3.05) is 13.7 Å². The second-order valence-electron chi connectivity index (χ2n) is 5.89. The topological polar surface area (TPSA) is 64.3 Å². The van der Waals surface area contributed by atoms with E-state index in [1.54, 1.807) is 7.11 Å². The quantitative estimate of drug-likeness (QED) is 0.819. The van der Waals surface area contributed by atoms with E-state index in [4.69, 9.17) is 10.5 Å². The van der Waals surface area contributed by atoms with Crippen LogP contribution in [0, 0.1) is 5.41 Å². The predicted octanol–water partition coefficient (Wildman–Crippen LogP) is 2.61. The lowest BCUT2D eigenvalue weighted by molar-refractivity contribution is -0.131. The van der Waals surface area contributed by atoms with Gasteiger partial charge in [0.05, 0.1) is 12.5 Å². The van der Waals surface area contributed by atoms with Gasteiger partial charge in [-0.25, -0.2) is 0 Å². The number of rotatable bonds is 5. The molecule has 1 aliphatic rings. The number of hydrogen-bond donors (Lipinski definition) is 2. The van der Waals surface area contributed by atoms with Gasteiger partial charge >= 0.3 is 0 Å². The van der Waals surface area contributed by atoms with Gasteiger partial charge in [-0.05, 0) is 18.9 Å². The Hall–Kier alpha value is -1.55. The van der Waals surface area contributed by atoms with Crippen molar-refractivity contribution in [3.8, 4) is 5.75 Å². The average molecular weight is 290 g/mol. The Kier molecular flexibility index (Phi) is 5.62. The van der Waals surface area contributed by atoms with Crippen molar-refractivity contribution < 1.29 is 9.53 Å². The normalized spacial score (nSPS) is 17.8. The van der Waals surface area contributed by atoms with E-state index < -0.39 is 0 Å². The number of hydrogen-bond acceptors (Lipinski definition) is 3. The Morgan fingerprint density at radius 1 is 1.24 bits per heavy atom. The highest BCUT2D eigenvalue weighted by atomic mass is 16.5. The van der Waals surface area contributed by atoms with Crippen molar-refractivity contribution in [3.05, 3.63) is 29.8 Å². The summed E-state index contributed by atoms with van der Waals surface area (Å²) in [4.78, 5) is 12.6. The van der Waals surface area contributed by atoms with Crippen LogP contribution in [-0.2, 0) is 11.3 Å². The van der Waals surface area contributed by atoms with Crippen LogP contribution < -0.4 is 15.8 Å². The lowest BCUT2D eigenvalue weighted by Gasteiger charge is -2.30. The Morgan fingerprint density at radius 3 is 2.52 bits per heavy atom. The third-order valence-electron chi connectivity index (χ3n) is 4.56. The molecule has 1 fully saturated rings. The maximum atomic E-state index is 12.6. The molecule has 0 atom stereocenters. The first-order chi connectivity index (χ1) is 10.2. The number of nitrogens with one attached hydrogen (secondary N) is 1. The Balaban J connectivity index is 2.02. The van der Waals surface area contributed by atoms with E-state index in [1.165, 1.54) is 12.8 Å². The van der Waals surface area contributed by atoms with Crippen molar-refractivity contribution in [2.45, 2.75) is 45.1 Å². The number of ether oxygens (including phenoxy) is 1. The monoisotopic (exact) mass is 290 g/mol. The van der Waals surface area contributed by atoms with Crippen molar-refractivity contribution in [2.24, 2.45) is 11.1 Å². The van der Waals surface area contributed by atoms with Gasteiger partial charge in [0.25, 0.3) is 0 Å². The zero-order chi connectivity index (χ0) is 15.1. The van der Waals surface area contributed by atoms with Gasteiger partial charge in [-0.3, -0.25) is 4.79 Å². The number of nitrogens with two attached hydrogens (primary N) is 1. The number of carbonyl (C=O) groups excluding carboxylic acids is 1. The van der Waals surface area contributed by atoms with E-state index in [0.29, 0.717) is 13.1 Å². The summed E-state index contributed by atoms with van der Waals surface area (Å²) in [5.74, 6) is 0.901. The largest absolute Gasteiger partial charge is 0.496 e. The molecule has 1 amide bonds. The molecule has 0 heterocycles. The molecule has 1 aromatic carbocycles. The predicted molar refractivity (Wildman–Crippen MR) is 84.0 cm³/mol. The minimum atomic E-state index is -0.376. The minimum Gasteiger partial charge on any atom is -0.496 e. The van der Waals surface area contributed by atoms with E-state index >= 15 is 0 Å². The Bertz CT molecular complexity index is 466. The van der Waals surface area contributed by atoms with E-state index in [0.717, 1.165) is 37.0 Å². The van der Waals surface area contributed by atoms with E-state index in [1.807, 2.05) is 24.3 Å². The highest BCUT2D eigenvalue weighted by molar-refractivity contribution is 5.83. The van der Waals surface area contributed by atoms with Crippen molar-refractivity contribution in [1.29, 1.82) is 0 Å². The minimum absolute atomic E-state index is 0.0952. The van der Waals surface area contributed by atoms with E-state index in [9.17, 15) is 4.79 Å². The molecule has 0 unspecified atom stereocenters. The van der Waals surface area contributed by atoms with Crippen molar-refractivity contribution >= 4 is 5.91 Å². The Labute approximate surface area is 127 Å². The van der Waals surface area contributed by atoms with Crippen LogP contribution in [0.4, 0.5) is 0 Å². The van der Waals surface area contributed by atoms with Gasteiger partial charge in [-0.15, -0.1) is 0 Å². The van der Waals surface area contributed by atoms with Crippen LogP contribution >= 0.6 is 0 Å². The van der Waals surface area contributed by atoms with Gasteiger partial charge in [0, 0.05) is 18.7 Å². The summed E-state index contributed by atoms with van der Waals surface area (Å²) < 4.78 is 5.32. The second kappa shape index (κ2) is 7.46. The molecule has 4 nitrogen and oxygen atoms in total. The molecule has 1 aliphatic carbocycles. The third-order valence-corrected chi connectivity index (χ3v) is 4.56. The van der Waals surface area contributed by atoms with E-state index in [-0.39, 0.29) is 11.3 Å². The average Bonchev–Trinajstić information content (AvgIpc) is 2.79. The highest BCUT2D eigenvalue weighted by Gasteiger charge is 2.36. The SMILES string of the molecule is COc1ccccc1CNC(=O)C1(CN)CCCCCC1. The zero-order valence-electron chi connectivity index (χ0n) is 12.9. The molecule has 3 N–H and O–H groups in total. The first-order valence-electron chi connectivity index (χ1n) is 7.82. The molecule has 0 spiro atoms. The van der Waals surface area contributed by atoms with Crippen molar-refractivity contribution in [3.63, 3.8) is 0 Å². The van der Waals surface area contributed by atoms with Crippen LogP contribution in [-0.4, -0.2) is 19.6 Å². The molecule has 0 saturated heterocycles. The molecule has 4 heteroatoms. The van der Waals surface area contributed by atoms with Crippen LogP contribution in [0.2, 0.25) is 0 Å². The fourth-order valence-corrected chi connectivity index (χ4v) is 3.14. The summed E-state index contributed by atoms with van der Waals surface area (Å²) in [6.07, 6.45) is 6.42. The van der Waals surface area contributed by atoms with Gasteiger partial charge in [0.2, 0.25) is 5.91 Å². The molecule has 21 heavy (non-hydrogen) atoms. The number of amides is 1. The van der Waals surface area contributed by atoms with Crippen molar-refractivity contribution in [1.82, 2.24) is 5.32 Å². The van der Waals surface area contributed by atoms with Gasteiger partial charge in [0.15, 0.2) is 0 Å². The number of benzene rings is 1. The van der Waals surface area contributed by atoms with Crippen LogP contribution in [0.1, 0.15) is 44.1 Å². The standard InChI is InChI=1S/C17H26N2O2/c1-21-15-9-5-4-8-14(15)12-19-16(20)17(13-18)10-6-2-3-7-11-17/h4-5,8-9H,2-3,6-7,10-13,18H2,1H3,(H,19,20). The summed E-state index contributed by atoms with van der Waals surface area (Å²) in [6.45, 7) is 0.926. The number of methoxy groups -OCH3 is 1. The maximum absolute atomic E-state index is 12.6. The summed E-state index contributed by atoms with van der Waals surface area (Å²) in [7, 11) is 1.65. The number of carbonyl (C=O) groups is 1. The third kappa shape index (κ3) is 3.76. The molecule has 0 aromatic heterocycles. The lowest BCUT2D eigenvalue weighted by Crippen LogP contribution is -2.45. The molecule has 1 saturated carbocycles. The van der Waals surface area contributed by atoms with Crippen LogP contribution in [0.25, 0.3) is 0 Å². The molecular formula is C17H26N2O2. The molecule has 0 aliphatic heterocycles. The highest BCUT2D eigenvalue weighted by Crippen LogP contribution is 2.34. The molecule has 116 valence electrons. The van der Waals surface area contributed by atoms with Crippen LogP contribution in [0.15, 0.2) is 24.3 Å². The summed E-state index contributed by atoms with van der Waals surface area (Å²) in [5.41, 5.74) is 6.57. The maximum Gasteiger partial charge on any atom is 0.227 e. The van der Waals surface area contributed by atoms with Gasteiger partial charge < -0.3 is 15.8 Å². The van der Waals surface area contributed by atoms with Crippen LogP contribution in [0.3, 0.4) is 0 Å². The second-order valence-corrected chi connectivity index (χ2v) is 5.89. The van der Waals surface area contributed by atoms with Gasteiger partial charge in [-0.2, -0.15) is 0 Å². The summed E-state index contributed by atoms with van der Waals surface area (Å²) >= 11 is 0. The first-order valence-corrected chi connectivity index (χ1v) is 7.82. The fourth-order valence-electron chi connectivity index (χ4n) is 3.14. The van der Waals surface area contributed by atoms with Gasteiger partial charge in [0.1, 0.15) is 5.75 Å². The smallest absolute Gasteiger partial charge is 0.227 e. The van der Waals surface area contributed by atoms with Gasteiger partial charge in [-0.1, -0.05) is 43.9 Å². The number of para-hydroxylation sites is 1. The molecule has 2 rings (SSSR count). The van der Waals surface area contributed by atoms with Crippen LogP contribution in [0.5, 0.6) is 5.75 Å². The lowest BCUT2D eigenvalue weighted by atomic mass is 9.79. The van der Waals surface area contributed by atoms with E-state index in [2.05, 4.69) is 5.32 Å². The molecule has 0 bridgehead atoms. The zero-order valence-corrected chi connectivity index (χ0v) is 12.9. The molecular weight excluding hydrogens is 264 g/mol. The molecule has 0 radical (unpaired) electrons. The fraction of sp³-hybridized carbons (Fsp3) is 0.588. The molecule has 1 aromatic rings. The summed E-state index contributed by atoms with van der Waals surface area (Å²) in [5, 5.41) is 3.06. The summed E-state index contributed by atoms with van der Waals surface area (Å²) in [6, 6.07) is 7.76. The Morgan fingerprint density at radius 2 is 1.90 bits per heavy atom.